The fourth-order valence-electron chi connectivity index (χ4n) is 4.64. The summed E-state index contributed by atoms with van der Waals surface area (Å²) in [4.78, 5) is 14.0. The summed E-state index contributed by atoms with van der Waals surface area (Å²) in [5.41, 5.74) is 2.29. The first-order valence-corrected chi connectivity index (χ1v) is 9.24. The largest absolute Gasteiger partial charge is 0.478 e. The molecule has 1 aromatic carbocycles. The predicted octanol–water partition coefficient (Wildman–Crippen LogP) is 3.86. The molecule has 0 amide bonds. The van der Waals surface area contributed by atoms with Crippen LogP contribution in [0.4, 0.5) is 4.39 Å². The number of para-hydroxylation sites is 1. The van der Waals surface area contributed by atoms with Crippen molar-refractivity contribution >= 4 is 16.9 Å². The van der Waals surface area contributed by atoms with Gasteiger partial charge in [-0.3, -0.25) is 4.90 Å². The van der Waals surface area contributed by atoms with Gasteiger partial charge in [-0.15, -0.1) is 0 Å². The molecule has 2 aromatic rings. The van der Waals surface area contributed by atoms with Crippen molar-refractivity contribution in [2.45, 2.75) is 51.4 Å². The Morgan fingerprint density at radius 3 is 2.52 bits per heavy atom. The van der Waals surface area contributed by atoms with Gasteiger partial charge in [0.1, 0.15) is 6.17 Å². The molecule has 2 heterocycles. The molecule has 4 rings (SSSR count). The zero-order valence-electron chi connectivity index (χ0n) is 14.6. The van der Waals surface area contributed by atoms with Gasteiger partial charge in [-0.2, -0.15) is 0 Å². The Kier molecular flexibility index (Phi) is 4.28. The number of hydrogen-bond acceptors (Lipinski definition) is 2. The Hall–Kier alpha value is -1.88. The van der Waals surface area contributed by atoms with Crippen LogP contribution in [0.25, 0.3) is 10.9 Å². The Labute approximate surface area is 147 Å². The number of alkyl halides is 1. The normalized spacial score (nSPS) is 25.2. The second kappa shape index (κ2) is 6.45. The number of carbonyl (C=O) groups is 1. The van der Waals surface area contributed by atoms with E-state index in [4.69, 9.17) is 0 Å². The molecule has 1 aliphatic carbocycles. The number of aromatic nitrogens is 1. The first-order valence-electron chi connectivity index (χ1n) is 9.24. The van der Waals surface area contributed by atoms with Crippen LogP contribution in [0, 0.1) is 12.8 Å². The van der Waals surface area contributed by atoms with Crippen LogP contribution in [-0.2, 0) is 6.54 Å². The minimum absolute atomic E-state index is 0.429. The van der Waals surface area contributed by atoms with E-state index in [0.717, 1.165) is 48.8 Å². The summed E-state index contributed by atoms with van der Waals surface area (Å²) in [5.74, 6) is -0.287. The molecular formula is C20H25FN2O2. The van der Waals surface area contributed by atoms with E-state index in [2.05, 4.69) is 9.47 Å². The van der Waals surface area contributed by atoms with Gasteiger partial charge in [0.2, 0.25) is 0 Å². The predicted molar refractivity (Wildman–Crippen MR) is 95.8 cm³/mol. The monoisotopic (exact) mass is 344 g/mol. The summed E-state index contributed by atoms with van der Waals surface area (Å²) < 4.78 is 15.2. The van der Waals surface area contributed by atoms with Crippen molar-refractivity contribution in [3.8, 4) is 0 Å². The number of halogens is 1. The maximum Gasteiger partial charge on any atom is 0.338 e. The summed E-state index contributed by atoms with van der Waals surface area (Å²) in [6.45, 7) is 4.01. The van der Waals surface area contributed by atoms with Crippen LogP contribution in [0.2, 0.25) is 0 Å². The van der Waals surface area contributed by atoms with E-state index < -0.39 is 12.1 Å². The van der Waals surface area contributed by atoms with Crippen molar-refractivity contribution in [2.24, 2.45) is 5.92 Å². The fourth-order valence-corrected chi connectivity index (χ4v) is 4.64. The van der Waals surface area contributed by atoms with Crippen LogP contribution in [0.5, 0.6) is 0 Å². The van der Waals surface area contributed by atoms with Crippen LogP contribution in [-0.4, -0.2) is 45.8 Å². The number of carboxylic acids is 1. The topological polar surface area (TPSA) is 45.5 Å². The third kappa shape index (κ3) is 2.95. The van der Waals surface area contributed by atoms with Gasteiger partial charge < -0.3 is 9.67 Å². The molecule has 0 unspecified atom stereocenters. The fraction of sp³-hybridized carbons (Fsp3) is 0.550. The molecule has 0 radical (unpaired) electrons. The Balaban J connectivity index is 1.50. The van der Waals surface area contributed by atoms with Crippen LogP contribution < -0.4 is 0 Å². The minimum Gasteiger partial charge on any atom is -0.478 e. The molecule has 1 aliphatic heterocycles. The molecule has 0 spiro atoms. The molecule has 1 saturated carbocycles. The number of rotatable bonds is 4. The van der Waals surface area contributed by atoms with E-state index in [1.165, 1.54) is 0 Å². The van der Waals surface area contributed by atoms with Crippen molar-refractivity contribution in [3.63, 3.8) is 0 Å². The van der Waals surface area contributed by atoms with E-state index >= 15 is 0 Å². The minimum atomic E-state index is -0.852. The van der Waals surface area contributed by atoms with E-state index in [0.29, 0.717) is 30.6 Å². The molecule has 2 aliphatic rings. The van der Waals surface area contributed by atoms with Gasteiger partial charge in [0.05, 0.1) is 5.56 Å². The number of aromatic carboxylic acids is 1. The zero-order chi connectivity index (χ0) is 17.6. The molecule has 0 bridgehead atoms. The first-order chi connectivity index (χ1) is 12.0. The molecule has 1 aromatic heterocycles. The molecule has 1 N–H and O–H groups in total. The second-order valence-electron chi connectivity index (χ2n) is 7.62. The number of fused-ring (bicyclic) bond motifs is 1. The Morgan fingerprint density at radius 1 is 1.20 bits per heavy atom. The average molecular weight is 344 g/mol. The van der Waals surface area contributed by atoms with Gasteiger partial charge in [-0.1, -0.05) is 18.2 Å². The number of nitrogens with zero attached hydrogens (tertiary/aromatic N) is 2. The van der Waals surface area contributed by atoms with Crippen LogP contribution in [0.15, 0.2) is 24.3 Å². The molecule has 0 atom stereocenters. The SMILES string of the molecule is Cc1c(C(=O)O)c2ccccc2n1CC1CCC(N2CC(F)C2)CC1. The second-order valence-corrected chi connectivity index (χ2v) is 7.62. The molecule has 5 heteroatoms. The lowest BCUT2D eigenvalue weighted by Gasteiger charge is -2.43. The lowest BCUT2D eigenvalue weighted by molar-refractivity contribution is 0.00740. The summed E-state index contributed by atoms with van der Waals surface area (Å²) >= 11 is 0. The number of carboxylic acid groups (broad SMARTS) is 1. The quantitative estimate of drug-likeness (QED) is 0.916. The van der Waals surface area contributed by atoms with E-state index in [1.807, 2.05) is 31.2 Å². The van der Waals surface area contributed by atoms with Crippen molar-refractivity contribution < 1.29 is 14.3 Å². The van der Waals surface area contributed by atoms with Crippen LogP contribution in [0.1, 0.15) is 41.7 Å². The Morgan fingerprint density at radius 2 is 1.88 bits per heavy atom. The maximum absolute atomic E-state index is 13.1. The summed E-state index contributed by atoms with van der Waals surface area (Å²) in [6, 6.07) is 8.33. The van der Waals surface area contributed by atoms with Crippen molar-refractivity contribution in [1.82, 2.24) is 9.47 Å². The lowest BCUT2D eigenvalue weighted by atomic mass is 9.84. The highest BCUT2D eigenvalue weighted by molar-refractivity contribution is 6.05. The Bertz CT molecular complexity index is 786. The summed E-state index contributed by atoms with van der Waals surface area (Å²) in [6.07, 6.45) is 3.89. The summed E-state index contributed by atoms with van der Waals surface area (Å²) in [5, 5.41) is 10.4. The highest BCUT2D eigenvalue weighted by Gasteiger charge is 2.34. The molecule has 134 valence electrons. The molecule has 2 fully saturated rings. The standard InChI is InChI=1S/C20H25FN2O2/c1-13-19(20(24)25)17-4-2-3-5-18(17)23(13)10-14-6-8-16(9-7-14)22-11-15(21)12-22/h2-5,14-16H,6-12H2,1H3,(H,24,25). The number of benzene rings is 1. The van der Waals surface area contributed by atoms with Gasteiger partial charge in [-0.25, -0.2) is 9.18 Å². The van der Waals surface area contributed by atoms with E-state index in [9.17, 15) is 14.3 Å². The molecule has 4 nitrogen and oxygen atoms in total. The number of hydrogen-bond donors (Lipinski definition) is 1. The first kappa shape index (κ1) is 16.6. The van der Waals surface area contributed by atoms with Gasteiger partial charge >= 0.3 is 5.97 Å². The maximum atomic E-state index is 13.1. The van der Waals surface area contributed by atoms with Gasteiger partial charge in [0, 0.05) is 42.3 Å². The number of likely N-dealkylation sites (tertiary alicyclic amines) is 1. The third-order valence-electron chi connectivity index (χ3n) is 6.08. The van der Waals surface area contributed by atoms with Gasteiger partial charge in [0.15, 0.2) is 0 Å². The van der Waals surface area contributed by atoms with E-state index in [1.54, 1.807) is 0 Å². The lowest BCUT2D eigenvalue weighted by Crippen LogP contribution is -2.54. The van der Waals surface area contributed by atoms with E-state index in [-0.39, 0.29) is 0 Å². The smallest absolute Gasteiger partial charge is 0.338 e. The van der Waals surface area contributed by atoms with Gasteiger partial charge in [-0.05, 0) is 44.6 Å². The molecular weight excluding hydrogens is 319 g/mol. The van der Waals surface area contributed by atoms with Crippen LogP contribution >= 0.6 is 0 Å². The summed E-state index contributed by atoms with van der Waals surface area (Å²) in [7, 11) is 0. The molecule has 1 saturated heterocycles. The third-order valence-corrected chi connectivity index (χ3v) is 6.08. The zero-order valence-corrected chi connectivity index (χ0v) is 14.6. The molecule has 25 heavy (non-hydrogen) atoms. The van der Waals surface area contributed by atoms with Crippen LogP contribution in [0.3, 0.4) is 0 Å². The van der Waals surface area contributed by atoms with Crippen molar-refractivity contribution in [1.29, 1.82) is 0 Å². The highest BCUT2D eigenvalue weighted by Crippen LogP contribution is 2.34. The van der Waals surface area contributed by atoms with Crippen molar-refractivity contribution in [2.75, 3.05) is 13.1 Å². The van der Waals surface area contributed by atoms with Crippen molar-refractivity contribution in [3.05, 3.63) is 35.5 Å². The highest BCUT2D eigenvalue weighted by atomic mass is 19.1. The average Bonchev–Trinajstić information content (AvgIpc) is 2.85. The van der Waals surface area contributed by atoms with Gasteiger partial charge in [0.25, 0.3) is 0 Å².